The highest BCUT2D eigenvalue weighted by atomic mass is 16.5. The number of aromatic hydroxyl groups is 2. The van der Waals surface area contributed by atoms with Crippen LogP contribution >= 0.6 is 0 Å². The van der Waals surface area contributed by atoms with Gasteiger partial charge >= 0.3 is 0 Å². The molecule has 3 nitrogen and oxygen atoms in total. The third kappa shape index (κ3) is 3.88. The minimum absolute atomic E-state index is 0.263. The molecular formula is C35H36O3. The molecule has 1 heterocycles. The van der Waals surface area contributed by atoms with Crippen LogP contribution in [-0.2, 0) is 5.41 Å². The molecule has 6 rings (SSSR count). The normalized spacial score (nSPS) is 16.1. The zero-order valence-electron chi connectivity index (χ0n) is 22.6. The van der Waals surface area contributed by atoms with E-state index < -0.39 is 5.41 Å². The summed E-state index contributed by atoms with van der Waals surface area (Å²) in [5.74, 6) is 2.92. The maximum atomic E-state index is 10.2. The molecule has 0 amide bonds. The standard InChI is InChI=1S/C35H36O3/c1-4-6-22(7-5-2)23-8-12-26(13-9-23)35(3)33-29-16-14-27(36)20-24(29)10-18-31(33)38-32-19-11-25-21-28(37)15-17-30(25)34(32)35/h8,10-12,14-22,36-37H,4-7,9,13H2,1-3H3. The molecule has 1 aliphatic carbocycles. The number of phenols is 2. The Labute approximate surface area is 225 Å². The number of allylic oxidation sites excluding steroid dienone is 4. The van der Waals surface area contributed by atoms with Gasteiger partial charge in [-0.3, -0.25) is 0 Å². The van der Waals surface area contributed by atoms with Gasteiger partial charge in [-0.15, -0.1) is 0 Å². The Balaban J connectivity index is 1.62. The summed E-state index contributed by atoms with van der Waals surface area (Å²) in [5.41, 5.74) is 4.80. The van der Waals surface area contributed by atoms with Gasteiger partial charge in [0.05, 0.1) is 0 Å². The quantitative estimate of drug-likeness (QED) is 0.275. The summed E-state index contributed by atoms with van der Waals surface area (Å²) < 4.78 is 6.60. The Bertz CT molecular complexity index is 1510. The average Bonchev–Trinajstić information content (AvgIpc) is 2.92. The lowest BCUT2D eigenvalue weighted by atomic mass is 9.64. The molecule has 4 aromatic carbocycles. The summed E-state index contributed by atoms with van der Waals surface area (Å²) >= 11 is 0. The maximum absolute atomic E-state index is 10.2. The van der Waals surface area contributed by atoms with Gasteiger partial charge in [0.2, 0.25) is 0 Å². The fourth-order valence-electron chi connectivity index (χ4n) is 6.98. The fraction of sp³-hybridized carbons (Fsp3) is 0.314. The van der Waals surface area contributed by atoms with Crippen LogP contribution in [0.5, 0.6) is 23.0 Å². The zero-order chi connectivity index (χ0) is 26.4. The van der Waals surface area contributed by atoms with E-state index >= 15 is 0 Å². The van der Waals surface area contributed by atoms with E-state index in [1.54, 1.807) is 17.7 Å². The molecule has 0 saturated heterocycles. The fourth-order valence-corrected chi connectivity index (χ4v) is 6.98. The molecule has 2 N–H and O–H groups in total. The van der Waals surface area contributed by atoms with E-state index in [4.69, 9.17) is 4.74 Å². The first kappa shape index (κ1) is 24.6. The van der Waals surface area contributed by atoms with Crippen LogP contribution in [0.25, 0.3) is 21.5 Å². The molecule has 0 atom stereocenters. The van der Waals surface area contributed by atoms with Gasteiger partial charge in [0.15, 0.2) is 0 Å². The summed E-state index contributed by atoms with van der Waals surface area (Å²) in [4.78, 5) is 0. The van der Waals surface area contributed by atoms with Crippen LogP contribution in [-0.4, -0.2) is 10.2 Å². The van der Waals surface area contributed by atoms with E-state index in [0.29, 0.717) is 5.92 Å². The van der Waals surface area contributed by atoms with Crippen molar-refractivity contribution in [2.45, 2.75) is 64.7 Å². The molecule has 38 heavy (non-hydrogen) atoms. The Hall–Kier alpha value is -3.72. The summed E-state index contributed by atoms with van der Waals surface area (Å²) in [5, 5.41) is 24.6. The van der Waals surface area contributed by atoms with Gasteiger partial charge in [-0.05, 0) is 96.5 Å². The van der Waals surface area contributed by atoms with Gasteiger partial charge in [-0.2, -0.15) is 0 Å². The molecule has 0 unspecified atom stereocenters. The van der Waals surface area contributed by atoms with E-state index in [2.05, 4.69) is 32.9 Å². The van der Waals surface area contributed by atoms with Gasteiger partial charge in [0.1, 0.15) is 23.0 Å². The second-order valence-electron chi connectivity index (χ2n) is 11.1. The smallest absolute Gasteiger partial charge is 0.132 e. The van der Waals surface area contributed by atoms with E-state index in [-0.39, 0.29) is 11.5 Å². The van der Waals surface area contributed by atoms with Crippen LogP contribution in [0.4, 0.5) is 0 Å². The van der Waals surface area contributed by atoms with Gasteiger partial charge in [0.25, 0.3) is 0 Å². The molecule has 0 fully saturated rings. The first-order chi connectivity index (χ1) is 18.4. The highest BCUT2D eigenvalue weighted by Crippen LogP contribution is 2.57. The Kier molecular flexibility index (Phi) is 6.18. The second-order valence-corrected chi connectivity index (χ2v) is 11.1. The zero-order valence-corrected chi connectivity index (χ0v) is 22.6. The predicted octanol–water partition coefficient (Wildman–Crippen LogP) is 9.68. The average molecular weight is 505 g/mol. The third-order valence-corrected chi connectivity index (χ3v) is 8.77. The largest absolute Gasteiger partial charge is 0.508 e. The third-order valence-electron chi connectivity index (χ3n) is 8.77. The van der Waals surface area contributed by atoms with Crippen LogP contribution in [0.2, 0.25) is 0 Å². The molecule has 194 valence electrons. The van der Waals surface area contributed by atoms with Crippen molar-refractivity contribution >= 4 is 21.5 Å². The number of hydrogen-bond acceptors (Lipinski definition) is 3. The number of hydrogen-bond donors (Lipinski definition) is 2. The molecule has 0 spiro atoms. The highest BCUT2D eigenvalue weighted by molar-refractivity contribution is 5.97. The molecule has 3 heteroatoms. The van der Waals surface area contributed by atoms with Gasteiger partial charge in [-0.1, -0.05) is 74.3 Å². The van der Waals surface area contributed by atoms with E-state index in [0.717, 1.165) is 57.0 Å². The number of benzene rings is 4. The molecule has 2 aliphatic rings. The summed E-state index contributed by atoms with van der Waals surface area (Å²) in [6.45, 7) is 6.91. The van der Waals surface area contributed by atoms with Crippen molar-refractivity contribution in [1.29, 1.82) is 0 Å². The van der Waals surface area contributed by atoms with Crippen LogP contribution in [0.15, 0.2) is 84.0 Å². The first-order valence-corrected chi connectivity index (χ1v) is 14.0. The highest BCUT2D eigenvalue weighted by Gasteiger charge is 2.44. The Morgan fingerprint density at radius 1 is 0.737 bits per heavy atom. The van der Waals surface area contributed by atoms with Crippen molar-refractivity contribution in [2.24, 2.45) is 5.92 Å². The van der Waals surface area contributed by atoms with E-state index in [9.17, 15) is 10.2 Å². The summed E-state index contributed by atoms with van der Waals surface area (Å²) in [7, 11) is 0. The minimum atomic E-state index is -0.442. The van der Waals surface area contributed by atoms with Crippen molar-refractivity contribution in [3.63, 3.8) is 0 Å². The number of rotatable bonds is 6. The Morgan fingerprint density at radius 2 is 1.29 bits per heavy atom. The summed E-state index contributed by atoms with van der Waals surface area (Å²) in [6, 6.07) is 19.4. The molecular weight excluding hydrogens is 468 g/mol. The lowest BCUT2D eigenvalue weighted by Crippen LogP contribution is -2.32. The SMILES string of the molecule is CCCC(CCC)C1=CC=C(C2(C)c3c(ccc4cc(O)ccc34)Oc3ccc4cc(O)ccc4c32)CC1. The molecule has 1 aliphatic heterocycles. The second kappa shape index (κ2) is 9.54. The summed E-state index contributed by atoms with van der Waals surface area (Å²) in [6.07, 6.45) is 11.8. The van der Waals surface area contributed by atoms with E-state index in [1.165, 1.54) is 31.3 Å². The monoisotopic (exact) mass is 504 g/mol. The Morgan fingerprint density at radius 3 is 1.76 bits per heavy atom. The van der Waals surface area contributed by atoms with Crippen LogP contribution in [0.3, 0.4) is 0 Å². The molecule has 0 bridgehead atoms. The predicted molar refractivity (Wildman–Crippen MR) is 156 cm³/mol. The maximum Gasteiger partial charge on any atom is 0.132 e. The van der Waals surface area contributed by atoms with E-state index in [1.807, 2.05) is 48.5 Å². The van der Waals surface area contributed by atoms with Crippen LogP contribution in [0.1, 0.15) is 70.4 Å². The van der Waals surface area contributed by atoms with Crippen molar-refractivity contribution in [3.05, 3.63) is 95.1 Å². The van der Waals surface area contributed by atoms with Crippen molar-refractivity contribution < 1.29 is 14.9 Å². The number of ether oxygens (including phenoxy) is 1. The van der Waals surface area contributed by atoms with Gasteiger partial charge < -0.3 is 14.9 Å². The number of phenolic OH excluding ortho intramolecular Hbond substituents is 2. The van der Waals surface area contributed by atoms with Gasteiger partial charge in [0, 0.05) is 16.5 Å². The van der Waals surface area contributed by atoms with Crippen molar-refractivity contribution in [2.75, 3.05) is 0 Å². The van der Waals surface area contributed by atoms with Crippen molar-refractivity contribution in [1.82, 2.24) is 0 Å². The number of fused-ring (bicyclic) bond motifs is 6. The molecule has 0 aromatic heterocycles. The molecule has 0 radical (unpaired) electrons. The van der Waals surface area contributed by atoms with Gasteiger partial charge in [-0.25, -0.2) is 0 Å². The lowest BCUT2D eigenvalue weighted by Gasteiger charge is -2.42. The lowest BCUT2D eigenvalue weighted by molar-refractivity contribution is 0.423. The molecule has 0 saturated carbocycles. The van der Waals surface area contributed by atoms with Crippen LogP contribution < -0.4 is 4.74 Å². The van der Waals surface area contributed by atoms with Crippen LogP contribution in [0, 0.1) is 5.92 Å². The topological polar surface area (TPSA) is 49.7 Å². The van der Waals surface area contributed by atoms with Crippen molar-refractivity contribution in [3.8, 4) is 23.0 Å². The first-order valence-electron chi connectivity index (χ1n) is 14.0. The molecule has 4 aromatic rings. The minimum Gasteiger partial charge on any atom is -0.508 e.